The van der Waals surface area contributed by atoms with Crippen molar-refractivity contribution in [3.05, 3.63) is 35.4 Å². The summed E-state index contributed by atoms with van der Waals surface area (Å²) in [5.41, 5.74) is 2.78. The zero-order valence-electron chi connectivity index (χ0n) is 19.3. The largest absolute Gasteiger partial charge is 0.379 e. The third kappa shape index (κ3) is 6.14. The second-order valence-corrected chi connectivity index (χ2v) is 9.00. The lowest BCUT2D eigenvalue weighted by Gasteiger charge is -2.48. The molecule has 7 nitrogen and oxygen atoms in total. The Kier molecular flexibility index (Phi) is 9.61. The molecule has 2 aliphatic heterocycles. The molecule has 1 saturated carbocycles. The van der Waals surface area contributed by atoms with E-state index in [1.807, 2.05) is 11.0 Å². The maximum absolute atomic E-state index is 12.8. The van der Waals surface area contributed by atoms with Crippen LogP contribution in [-0.2, 0) is 22.5 Å². The van der Waals surface area contributed by atoms with E-state index in [1.165, 1.54) is 43.2 Å². The number of benzene rings is 1. The van der Waals surface area contributed by atoms with E-state index in [1.54, 1.807) is 7.05 Å². The van der Waals surface area contributed by atoms with Gasteiger partial charge >= 0.3 is 0 Å². The van der Waals surface area contributed by atoms with Crippen LogP contribution < -0.4 is 10.6 Å². The van der Waals surface area contributed by atoms with Crippen LogP contribution in [0, 0.1) is 0 Å². The number of morpholine rings is 1. The first-order valence-electron chi connectivity index (χ1n) is 11.8. The monoisotopic (exact) mass is 555 g/mol. The second kappa shape index (κ2) is 12.2. The van der Waals surface area contributed by atoms with E-state index in [0.717, 1.165) is 45.8 Å². The fraction of sp³-hybridized carbons (Fsp3) is 0.667. The number of ether oxygens (including phenoxy) is 1. The molecular weight excluding hydrogens is 517 g/mol. The topological polar surface area (TPSA) is 69.2 Å². The van der Waals surface area contributed by atoms with Crippen LogP contribution in [0.25, 0.3) is 0 Å². The summed E-state index contributed by atoms with van der Waals surface area (Å²) in [4.78, 5) is 21.7. The molecule has 32 heavy (non-hydrogen) atoms. The van der Waals surface area contributed by atoms with E-state index in [0.29, 0.717) is 12.5 Å². The molecule has 0 bridgehead atoms. The third-order valence-electron chi connectivity index (χ3n) is 7.17. The van der Waals surface area contributed by atoms with Gasteiger partial charge in [0.25, 0.3) is 0 Å². The highest BCUT2D eigenvalue weighted by molar-refractivity contribution is 14.0. The van der Waals surface area contributed by atoms with E-state index in [4.69, 9.17) is 4.74 Å². The summed E-state index contributed by atoms with van der Waals surface area (Å²) in [5.74, 6) is 0.835. The average molecular weight is 556 g/mol. The van der Waals surface area contributed by atoms with Gasteiger partial charge in [0.2, 0.25) is 5.91 Å². The van der Waals surface area contributed by atoms with Gasteiger partial charge < -0.3 is 20.3 Å². The van der Waals surface area contributed by atoms with Crippen LogP contribution in [-0.4, -0.2) is 80.2 Å². The van der Waals surface area contributed by atoms with Crippen LogP contribution in [0.15, 0.2) is 29.3 Å². The predicted molar refractivity (Wildman–Crippen MR) is 139 cm³/mol. The Morgan fingerprint density at radius 3 is 2.50 bits per heavy atom. The van der Waals surface area contributed by atoms with Gasteiger partial charge in [0.1, 0.15) is 0 Å². The van der Waals surface area contributed by atoms with E-state index < -0.39 is 0 Å². The van der Waals surface area contributed by atoms with Gasteiger partial charge in [-0.05, 0) is 30.4 Å². The molecule has 1 amide bonds. The first kappa shape index (κ1) is 25.2. The van der Waals surface area contributed by atoms with E-state index in [9.17, 15) is 4.79 Å². The molecule has 4 rings (SSSR count). The number of fused-ring (bicyclic) bond motifs is 1. The summed E-state index contributed by atoms with van der Waals surface area (Å²) in [5, 5.41) is 6.79. The van der Waals surface area contributed by atoms with Crippen LogP contribution in [0.5, 0.6) is 0 Å². The van der Waals surface area contributed by atoms with Crippen LogP contribution in [0.3, 0.4) is 0 Å². The number of amides is 1. The minimum atomic E-state index is 0. The zero-order valence-corrected chi connectivity index (χ0v) is 21.6. The fourth-order valence-corrected chi connectivity index (χ4v) is 5.30. The molecule has 8 heteroatoms. The van der Waals surface area contributed by atoms with Gasteiger partial charge in [-0.3, -0.25) is 14.7 Å². The molecule has 178 valence electrons. The van der Waals surface area contributed by atoms with Crippen molar-refractivity contribution < 1.29 is 9.53 Å². The van der Waals surface area contributed by atoms with E-state index in [2.05, 4.69) is 38.7 Å². The number of nitrogens with zero attached hydrogens (tertiary/aromatic N) is 3. The SMILES string of the molecule is CN=C(NCC(=O)N1CCc2ccccc2C1)NCC1(N2CCOCC2)CCCCC1.I. The van der Waals surface area contributed by atoms with Crippen molar-refractivity contribution in [2.24, 2.45) is 4.99 Å². The molecule has 3 aliphatic rings. The minimum absolute atomic E-state index is 0. The molecule has 1 aromatic rings. The molecule has 1 aromatic carbocycles. The maximum atomic E-state index is 12.8. The number of nitrogens with one attached hydrogen (secondary N) is 2. The third-order valence-corrected chi connectivity index (χ3v) is 7.17. The number of rotatable bonds is 5. The van der Waals surface area contributed by atoms with Gasteiger partial charge in [-0.2, -0.15) is 0 Å². The summed E-state index contributed by atoms with van der Waals surface area (Å²) < 4.78 is 5.59. The molecule has 1 aliphatic carbocycles. The summed E-state index contributed by atoms with van der Waals surface area (Å²) in [6, 6.07) is 8.41. The van der Waals surface area contributed by atoms with Gasteiger partial charge in [0.05, 0.1) is 19.8 Å². The molecule has 0 unspecified atom stereocenters. The van der Waals surface area contributed by atoms with E-state index in [-0.39, 0.29) is 42.0 Å². The molecule has 2 heterocycles. The zero-order chi connectivity index (χ0) is 21.5. The van der Waals surface area contributed by atoms with Crippen LogP contribution in [0.2, 0.25) is 0 Å². The van der Waals surface area contributed by atoms with Crippen LogP contribution in [0.4, 0.5) is 0 Å². The van der Waals surface area contributed by atoms with Crippen molar-refractivity contribution in [1.29, 1.82) is 0 Å². The van der Waals surface area contributed by atoms with Crippen molar-refractivity contribution in [2.45, 2.75) is 50.6 Å². The molecular formula is C24H38IN5O2. The number of guanidine groups is 1. The van der Waals surface area contributed by atoms with Crippen LogP contribution in [0.1, 0.15) is 43.2 Å². The van der Waals surface area contributed by atoms with Crippen molar-refractivity contribution in [3.63, 3.8) is 0 Å². The average Bonchev–Trinajstić information content (AvgIpc) is 2.84. The lowest BCUT2D eigenvalue weighted by Crippen LogP contribution is -2.60. The highest BCUT2D eigenvalue weighted by atomic mass is 127. The maximum Gasteiger partial charge on any atom is 0.242 e. The molecule has 0 spiro atoms. The number of halogens is 1. The number of hydrogen-bond acceptors (Lipinski definition) is 4. The summed E-state index contributed by atoms with van der Waals surface area (Å²) in [6.45, 7) is 6.26. The van der Waals surface area contributed by atoms with Crippen molar-refractivity contribution in [2.75, 3.05) is 53.0 Å². The lowest BCUT2D eigenvalue weighted by atomic mass is 9.80. The Labute approximate surface area is 209 Å². The summed E-state index contributed by atoms with van der Waals surface area (Å²) in [7, 11) is 1.78. The quantitative estimate of drug-likeness (QED) is 0.332. The molecule has 1 saturated heterocycles. The number of carbonyl (C=O) groups excluding carboxylic acids is 1. The normalized spacial score (nSPS) is 21.3. The Balaban J connectivity index is 0.00000289. The molecule has 0 radical (unpaired) electrons. The number of aliphatic imine (C=N–C) groups is 1. The molecule has 2 fully saturated rings. The standard InChI is InChI=1S/C24H37N5O2.HI/c1-25-23(26-17-22(30)28-12-9-20-7-3-4-8-21(20)18-28)27-19-24(10-5-2-6-11-24)29-13-15-31-16-14-29;/h3-4,7-8H,2,5-6,9-19H2,1H3,(H2,25,26,27);1H. The van der Waals surface area contributed by atoms with Crippen molar-refractivity contribution in [1.82, 2.24) is 20.4 Å². The fourth-order valence-electron chi connectivity index (χ4n) is 5.30. The van der Waals surface area contributed by atoms with Gasteiger partial charge in [0.15, 0.2) is 5.96 Å². The smallest absolute Gasteiger partial charge is 0.242 e. The molecule has 2 N–H and O–H groups in total. The predicted octanol–water partition coefficient (Wildman–Crippen LogP) is 2.39. The van der Waals surface area contributed by atoms with Gasteiger partial charge in [-0.1, -0.05) is 43.5 Å². The highest BCUT2D eigenvalue weighted by Gasteiger charge is 2.38. The lowest BCUT2D eigenvalue weighted by molar-refractivity contribution is -0.130. The van der Waals surface area contributed by atoms with Gasteiger partial charge in [-0.15, -0.1) is 24.0 Å². The Bertz CT molecular complexity index is 775. The Hall–Kier alpha value is -1.39. The first-order valence-corrected chi connectivity index (χ1v) is 11.8. The summed E-state index contributed by atoms with van der Waals surface area (Å²) >= 11 is 0. The van der Waals surface area contributed by atoms with Crippen LogP contribution >= 0.6 is 24.0 Å². The molecule has 0 atom stereocenters. The Morgan fingerprint density at radius 2 is 1.78 bits per heavy atom. The van der Waals surface area contributed by atoms with E-state index >= 15 is 0 Å². The number of carbonyl (C=O) groups is 1. The highest BCUT2D eigenvalue weighted by Crippen LogP contribution is 2.33. The van der Waals surface area contributed by atoms with Gasteiger partial charge in [-0.25, -0.2) is 0 Å². The van der Waals surface area contributed by atoms with Crippen molar-refractivity contribution >= 4 is 35.8 Å². The first-order chi connectivity index (χ1) is 15.2. The van der Waals surface area contributed by atoms with Crippen molar-refractivity contribution in [3.8, 4) is 0 Å². The van der Waals surface area contributed by atoms with Gasteiger partial charge in [0, 0.05) is 45.3 Å². The number of hydrogen-bond donors (Lipinski definition) is 2. The second-order valence-electron chi connectivity index (χ2n) is 9.00. The summed E-state index contributed by atoms with van der Waals surface area (Å²) in [6.07, 6.45) is 7.23. The molecule has 0 aromatic heterocycles. The minimum Gasteiger partial charge on any atom is -0.379 e. The Morgan fingerprint density at radius 1 is 1.06 bits per heavy atom.